The summed E-state index contributed by atoms with van der Waals surface area (Å²) >= 11 is 0. The fourth-order valence-electron chi connectivity index (χ4n) is 2.63. The van der Waals surface area contributed by atoms with Crippen molar-refractivity contribution in [2.75, 3.05) is 18.0 Å². The van der Waals surface area contributed by atoms with Crippen LogP contribution >= 0.6 is 0 Å². The summed E-state index contributed by atoms with van der Waals surface area (Å²) in [5.41, 5.74) is 2.59. The monoisotopic (exact) mass is 258 g/mol. The van der Waals surface area contributed by atoms with E-state index in [0.29, 0.717) is 5.56 Å². The van der Waals surface area contributed by atoms with Gasteiger partial charge in [0, 0.05) is 24.3 Å². The molecule has 102 valence electrons. The molecule has 1 aromatic carbocycles. The van der Waals surface area contributed by atoms with Gasteiger partial charge in [-0.2, -0.15) is 5.26 Å². The molecule has 1 saturated carbocycles. The van der Waals surface area contributed by atoms with Crippen molar-refractivity contribution in [1.29, 1.82) is 5.26 Å². The zero-order valence-electron chi connectivity index (χ0n) is 11.8. The maximum absolute atomic E-state index is 9.91. The Labute approximate surface area is 115 Å². The first-order valence-electron chi connectivity index (χ1n) is 7.12. The van der Waals surface area contributed by atoms with Crippen LogP contribution in [0.25, 0.3) is 0 Å². The summed E-state index contributed by atoms with van der Waals surface area (Å²) in [6.45, 7) is 5.85. The maximum Gasteiger partial charge on any atom is 0.0992 e. The first kappa shape index (κ1) is 13.9. The highest BCUT2D eigenvalue weighted by Gasteiger charge is 2.22. The number of benzene rings is 1. The molecule has 0 bridgehead atoms. The van der Waals surface area contributed by atoms with Crippen LogP contribution in [0.2, 0.25) is 0 Å². The topological polar surface area (TPSA) is 47.3 Å². The smallest absolute Gasteiger partial charge is 0.0992 e. The van der Waals surface area contributed by atoms with Crippen molar-refractivity contribution in [1.82, 2.24) is 0 Å². The molecule has 2 rings (SSSR count). The van der Waals surface area contributed by atoms with E-state index >= 15 is 0 Å². The molecule has 1 aromatic rings. The summed E-state index contributed by atoms with van der Waals surface area (Å²) in [5, 5.41) is 19.0. The number of nitriles is 1. The highest BCUT2D eigenvalue weighted by atomic mass is 16.3. The molecule has 1 aliphatic carbocycles. The SMILES string of the molecule is CCN(CC1CCC1)c1cc(C#N)ccc1[C@H](C)O. The Balaban J connectivity index is 2.29. The minimum atomic E-state index is -0.502. The summed E-state index contributed by atoms with van der Waals surface area (Å²) in [6.07, 6.45) is 3.44. The number of anilines is 1. The number of hydrogen-bond donors (Lipinski definition) is 1. The molecular weight excluding hydrogens is 236 g/mol. The molecule has 1 aliphatic rings. The van der Waals surface area contributed by atoms with Crippen LogP contribution in [0.5, 0.6) is 0 Å². The van der Waals surface area contributed by atoms with E-state index in [-0.39, 0.29) is 0 Å². The van der Waals surface area contributed by atoms with Gasteiger partial charge >= 0.3 is 0 Å². The second kappa shape index (κ2) is 6.08. The van der Waals surface area contributed by atoms with Crippen LogP contribution in [0, 0.1) is 17.2 Å². The van der Waals surface area contributed by atoms with E-state index in [1.54, 1.807) is 13.0 Å². The molecule has 0 heterocycles. The van der Waals surface area contributed by atoms with E-state index in [1.165, 1.54) is 19.3 Å². The summed E-state index contributed by atoms with van der Waals surface area (Å²) in [4.78, 5) is 2.30. The van der Waals surface area contributed by atoms with Gasteiger partial charge in [0.15, 0.2) is 0 Å². The molecule has 0 aromatic heterocycles. The fourth-order valence-corrected chi connectivity index (χ4v) is 2.63. The van der Waals surface area contributed by atoms with Gasteiger partial charge in [-0.05, 0) is 44.7 Å². The second-order valence-electron chi connectivity index (χ2n) is 5.40. The van der Waals surface area contributed by atoms with Gasteiger partial charge in [0.25, 0.3) is 0 Å². The first-order chi connectivity index (χ1) is 9.15. The lowest BCUT2D eigenvalue weighted by Gasteiger charge is -2.34. The van der Waals surface area contributed by atoms with E-state index < -0.39 is 6.10 Å². The molecular formula is C16H22N2O. The minimum absolute atomic E-state index is 0.502. The van der Waals surface area contributed by atoms with Crippen molar-refractivity contribution in [2.45, 2.75) is 39.2 Å². The summed E-state index contributed by atoms with van der Waals surface area (Å²) < 4.78 is 0. The van der Waals surface area contributed by atoms with Gasteiger partial charge in [0.2, 0.25) is 0 Å². The number of rotatable bonds is 5. The standard InChI is InChI=1S/C16H22N2O/c1-3-18(11-13-5-4-6-13)16-9-14(10-17)7-8-15(16)12(2)19/h7-9,12-13,19H,3-6,11H2,1-2H3/t12-/m0/s1. The lowest BCUT2D eigenvalue weighted by molar-refractivity contribution is 0.199. The zero-order chi connectivity index (χ0) is 13.8. The molecule has 3 heteroatoms. The quantitative estimate of drug-likeness (QED) is 0.882. The normalized spacial score (nSPS) is 16.5. The second-order valence-corrected chi connectivity index (χ2v) is 5.40. The van der Waals surface area contributed by atoms with Crippen molar-refractivity contribution < 1.29 is 5.11 Å². The Hall–Kier alpha value is -1.53. The third-order valence-corrected chi connectivity index (χ3v) is 4.04. The van der Waals surface area contributed by atoms with Crippen LogP contribution < -0.4 is 4.90 Å². The van der Waals surface area contributed by atoms with E-state index in [4.69, 9.17) is 5.26 Å². The van der Waals surface area contributed by atoms with Crippen LogP contribution in [-0.4, -0.2) is 18.2 Å². The molecule has 0 aliphatic heterocycles. The van der Waals surface area contributed by atoms with E-state index in [2.05, 4.69) is 17.9 Å². The molecule has 0 spiro atoms. The zero-order valence-corrected chi connectivity index (χ0v) is 11.8. The van der Waals surface area contributed by atoms with Gasteiger partial charge in [-0.25, -0.2) is 0 Å². The highest BCUT2D eigenvalue weighted by molar-refractivity contribution is 5.58. The van der Waals surface area contributed by atoms with Crippen molar-refractivity contribution in [3.05, 3.63) is 29.3 Å². The lowest BCUT2D eigenvalue weighted by Crippen LogP contribution is -2.33. The van der Waals surface area contributed by atoms with Gasteiger partial charge < -0.3 is 10.0 Å². The Morgan fingerprint density at radius 1 is 1.47 bits per heavy atom. The largest absolute Gasteiger partial charge is 0.389 e. The van der Waals surface area contributed by atoms with Crippen LogP contribution in [0.3, 0.4) is 0 Å². The van der Waals surface area contributed by atoms with Crippen LogP contribution in [0.4, 0.5) is 5.69 Å². The average molecular weight is 258 g/mol. The van der Waals surface area contributed by atoms with E-state index in [1.807, 2.05) is 12.1 Å². The Bertz CT molecular complexity index is 472. The van der Waals surface area contributed by atoms with Crippen molar-refractivity contribution in [3.63, 3.8) is 0 Å². The van der Waals surface area contributed by atoms with Gasteiger partial charge in [0.1, 0.15) is 0 Å². The fraction of sp³-hybridized carbons (Fsp3) is 0.562. The molecule has 19 heavy (non-hydrogen) atoms. The minimum Gasteiger partial charge on any atom is -0.389 e. The molecule has 1 fully saturated rings. The molecule has 3 nitrogen and oxygen atoms in total. The maximum atomic E-state index is 9.91. The molecule has 0 unspecified atom stereocenters. The average Bonchev–Trinajstić information content (AvgIpc) is 2.37. The van der Waals surface area contributed by atoms with Gasteiger partial charge in [-0.3, -0.25) is 0 Å². The van der Waals surface area contributed by atoms with E-state index in [0.717, 1.165) is 30.3 Å². The first-order valence-corrected chi connectivity index (χ1v) is 7.12. The number of hydrogen-bond acceptors (Lipinski definition) is 3. The summed E-state index contributed by atoms with van der Waals surface area (Å²) in [6, 6.07) is 7.75. The van der Waals surface area contributed by atoms with Gasteiger partial charge in [-0.1, -0.05) is 12.5 Å². The van der Waals surface area contributed by atoms with Crippen LogP contribution in [0.1, 0.15) is 50.3 Å². The summed E-state index contributed by atoms with van der Waals surface area (Å²) in [5.74, 6) is 0.771. The van der Waals surface area contributed by atoms with E-state index in [9.17, 15) is 5.11 Å². The number of aliphatic hydroxyl groups is 1. The van der Waals surface area contributed by atoms with Gasteiger partial charge in [0.05, 0.1) is 17.7 Å². The number of nitrogens with zero attached hydrogens (tertiary/aromatic N) is 2. The van der Waals surface area contributed by atoms with Crippen LogP contribution in [-0.2, 0) is 0 Å². The highest BCUT2D eigenvalue weighted by Crippen LogP contribution is 2.32. The van der Waals surface area contributed by atoms with Gasteiger partial charge in [-0.15, -0.1) is 0 Å². The third-order valence-electron chi connectivity index (χ3n) is 4.04. The Morgan fingerprint density at radius 3 is 2.68 bits per heavy atom. The van der Waals surface area contributed by atoms with Crippen molar-refractivity contribution >= 4 is 5.69 Å². The molecule has 0 amide bonds. The predicted molar refractivity (Wildman–Crippen MR) is 77.0 cm³/mol. The molecule has 0 radical (unpaired) electrons. The summed E-state index contributed by atoms with van der Waals surface area (Å²) in [7, 11) is 0. The van der Waals surface area contributed by atoms with Crippen molar-refractivity contribution in [3.8, 4) is 6.07 Å². The third kappa shape index (κ3) is 3.08. The van der Waals surface area contributed by atoms with Crippen molar-refractivity contribution in [2.24, 2.45) is 5.92 Å². The lowest BCUT2D eigenvalue weighted by atomic mass is 9.85. The molecule has 1 atom stereocenters. The number of aliphatic hydroxyl groups excluding tert-OH is 1. The van der Waals surface area contributed by atoms with Crippen LogP contribution in [0.15, 0.2) is 18.2 Å². The Morgan fingerprint density at radius 2 is 2.21 bits per heavy atom. The Kier molecular flexibility index (Phi) is 4.44. The predicted octanol–water partition coefficient (Wildman–Crippen LogP) is 3.24. The molecule has 0 saturated heterocycles. The molecule has 1 N–H and O–H groups in total.